The predicted molar refractivity (Wildman–Crippen MR) is 78.7 cm³/mol. The molecule has 0 saturated carbocycles. The molecule has 2 N–H and O–H groups in total. The highest BCUT2D eigenvalue weighted by Crippen LogP contribution is 2.17. The van der Waals surface area contributed by atoms with Gasteiger partial charge in [0, 0.05) is 18.1 Å². The van der Waals surface area contributed by atoms with E-state index in [1.807, 2.05) is 43.0 Å². The summed E-state index contributed by atoms with van der Waals surface area (Å²) in [5.41, 5.74) is 1.08. The van der Waals surface area contributed by atoms with Crippen molar-refractivity contribution in [2.45, 2.75) is 19.0 Å². The molecule has 2 rings (SSSR count). The Morgan fingerprint density at radius 2 is 2.21 bits per heavy atom. The third-order valence-electron chi connectivity index (χ3n) is 3.21. The maximum absolute atomic E-state index is 12.1. The normalized spacial score (nSPS) is 20.6. The van der Waals surface area contributed by atoms with E-state index in [-0.39, 0.29) is 18.0 Å². The molecule has 1 aromatic carbocycles. The van der Waals surface area contributed by atoms with Crippen molar-refractivity contribution >= 4 is 17.7 Å². The lowest BCUT2D eigenvalue weighted by molar-refractivity contribution is -0.123. The Kier molecular flexibility index (Phi) is 5.10. The molecule has 2 unspecified atom stereocenters. The van der Waals surface area contributed by atoms with Gasteiger partial charge in [-0.2, -0.15) is 11.8 Å². The molecule has 1 amide bonds. The largest absolute Gasteiger partial charge is 0.497 e. The lowest BCUT2D eigenvalue weighted by Gasteiger charge is -2.24. The van der Waals surface area contributed by atoms with Crippen molar-refractivity contribution in [1.82, 2.24) is 10.6 Å². The van der Waals surface area contributed by atoms with Crippen LogP contribution in [0.25, 0.3) is 0 Å². The van der Waals surface area contributed by atoms with Crippen LogP contribution < -0.4 is 15.4 Å². The van der Waals surface area contributed by atoms with Crippen LogP contribution >= 0.6 is 11.8 Å². The highest BCUT2D eigenvalue weighted by molar-refractivity contribution is 7.99. The quantitative estimate of drug-likeness (QED) is 0.879. The van der Waals surface area contributed by atoms with Crippen LogP contribution in [-0.2, 0) is 4.79 Å². The topological polar surface area (TPSA) is 50.4 Å². The van der Waals surface area contributed by atoms with Gasteiger partial charge in [0.05, 0.1) is 19.2 Å². The second kappa shape index (κ2) is 6.82. The monoisotopic (exact) mass is 280 g/mol. The van der Waals surface area contributed by atoms with E-state index in [2.05, 4.69) is 10.6 Å². The van der Waals surface area contributed by atoms with E-state index in [4.69, 9.17) is 4.74 Å². The minimum Gasteiger partial charge on any atom is -0.497 e. The van der Waals surface area contributed by atoms with E-state index in [0.717, 1.165) is 29.4 Å². The highest BCUT2D eigenvalue weighted by Gasteiger charge is 2.22. The smallest absolute Gasteiger partial charge is 0.238 e. The Hall–Kier alpha value is -1.20. The van der Waals surface area contributed by atoms with Crippen LogP contribution in [0.15, 0.2) is 24.3 Å². The van der Waals surface area contributed by atoms with Gasteiger partial charge in [0.25, 0.3) is 0 Å². The number of nitrogens with one attached hydrogen (secondary N) is 2. The fraction of sp³-hybridized carbons (Fsp3) is 0.500. The second-order valence-corrected chi connectivity index (χ2v) is 5.73. The van der Waals surface area contributed by atoms with Crippen molar-refractivity contribution in [2.24, 2.45) is 0 Å². The fourth-order valence-corrected chi connectivity index (χ4v) is 2.96. The zero-order chi connectivity index (χ0) is 13.7. The van der Waals surface area contributed by atoms with Crippen molar-refractivity contribution < 1.29 is 9.53 Å². The molecule has 0 aromatic heterocycles. The van der Waals surface area contributed by atoms with E-state index < -0.39 is 0 Å². The third kappa shape index (κ3) is 3.88. The molecule has 0 aliphatic carbocycles. The average molecular weight is 280 g/mol. The minimum absolute atomic E-state index is 0.00660. The summed E-state index contributed by atoms with van der Waals surface area (Å²) in [6.07, 6.45) is 0. The number of hydrogen-bond acceptors (Lipinski definition) is 4. The van der Waals surface area contributed by atoms with Gasteiger partial charge in [-0.15, -0.1) is 0 Å². The molecule has 4 nitrogen and oxygen atoms in total. The van der Waals surface area contributed by atoms with Gasteiger partial charge >= 0.3 is 0 Å². The summed E-state index contributed by atoms with van der Waals surface area (Å²) < 4.78 is 5.13. The SMILES string of the molecule is COc1ccc(C(C)NC(=O)C2CSCCN2)cc1. The third-order valence-corrected chi connectivity index (χ3v) is 4.27. The summed E-state index contributed by atoms with van der Waals surface area (Å²) in [7, 11) is 1.65. The number of carbonyl (C=O) groups is 1. The van der Waals surface area contributed by atoms with Crippen molar-refractivity contribution in [3.63, 3.8) is 0 Å². The molecule has 1 fully saturated rings. The number of rotatable bonds is 4. The van der Waals surface area contributed by atoms with Gasteiger partial charge in [-0.1, -0.05) is 12.1 Å². The maximum atomic E-state index is 12.1. The van der Waals surface area contributed by atoms with Crippen molar-refractivity contribution in [2.75, 3.05) is 25.2 Å². The van der Waals surface area contributed by atoms with Crippen LogP contribution in [0.3, 0.4) is 0 Å². The molecule has 1 aromatic rings. The number of methoxy groups -OCH3 is 1. The van der Waals surface area contributed by atoms with Crippen LogP contribution in [0.5, 0.6) is 5.75 Å². The fourth-order valence-electron chi connectivity index (χ4n) is 2.02. The number of thioether (sulfide) groups is 1. The summed E-state index contributed by atoms with van der Waals surface area (Å²) >= 11 is 1.82. The average Bonchev–Trinajstić information content (AvgIpc) is 2.48. The van der Waals surface area contributed by atoms with Crippen LogP contribution in [0, 0.1) is 0 Å². The first-order chi connectivity index (χ1) is 9.20. The molecular formula is C14H20N2O2S. The van der Waals surface area contributed by atoms with Crippen molar-refractivity contribution in [3.8, 4) is 5.75 Å². The Bertz CT molecular complexity index is 416. The minimum atomic E-state index is -0.0700. The standard InChI is InChI=1S/C14H20N2O2S/c1-10(11-3-5-12(18-2)6-4-11)16-14(17)13-9-19-8-7-15-13/h3-6,10,13,15H,7-9H2,1-2H3,(H,16,17). The Balaban J connectivity index is 1.91. The van der Waals surface area contributed by atoms with Gasteiger partial charge in [0.15, 0.2) is 0 Å². The van der Waals surface area contributed by atoms with Crippen LogP contribution in [-0.4, -0.2) is 37.1 Å². The van der Waals surface area contributed by atoms with Crippen molar-refractivity contribution in [1.29, 1.82) is 0 Å². The summed E-state index contributed by atoms with van der Waals surface area (Å²) in [5, 5.41) is 6.29. The van der Waals surface area contributed by atoms with Gasteiger partial charge in [-0.3, -0.25) is 4.79 Å². The van der Waals surface area contributed by atoms with Crippen LogP contribution in [0.2, 0.25) is 0 Å². The van der Waals surface area contributed by atoms with E-state index in [9.17, 15) is 4.79 Å². The molecule has 1 aliphatic rings. The molecule has 0 radical (unpaired) electrons. The maximum Gasteiger partial charge on any atom is 0.238 e. The predicted octanol–water partition coefficient (Wildman–Crippen LogP) is 1.58. The molecule has 1 saturated heterocycles. The summed E-state index contributed by atoms with van der Waals surface area (Å²) in [4.78, 5) is 12.1. The van der Waals surface area contributed by atoms with Gasteiger partial charge in [0.1, 0.15) is 5.75 Å². The molecule has 2 atom stereocenters. The first-order valence-electron chi connectivity index (χ1n) is 6.46. The van der Waals surface area contributed by atoms with E-state index in [1.165, 1.54) is 0 Å². The van der Waals surface area contributed by atoms with E-state index in [1.54, 1.807) is 7.11 Å². The zero-order valence-electron chi connectivity index (χ0n) is 11.3. The number of hydrogen-bond donors (Lipinski definition) is 2. The molecule has 1 heterocycles. The van der Waals surface area contributed by atoms with Crippen LogP contribution in [0.4, 0.5) is 0 Å². The second-order valence-electron chi connectivity index (χ2n) is 4.59. The molecule has 1 aliphatic heterocycles. The summed E-state index contributed by atoms with van der Waals surface area (Å²) in [6.45, 7) is 2.90. The molecule has 5 heteroatoms. The van der Waals surface area contributed by atoms with Gasteiger partial charge in [0.2, 0.25) is 5.91 Å². The summed E-state index contributed by atoms with van der Waals surface area (Å²) in [5.74, 6) is 2.84. The number of ether oxygens (including phenoxy) is 1. The number of amides is 1. The Morgan fingerprint density at radius 3 is 2.79 bits per heavy atom. The molecule has 19 heavy (non-hydrogen) atoms. The number of carbonyl (C=O) groups excluding carboxylic acids is 1. The molecule has 0 spiro atoms. The van der Waals surface area contributed by atoms with Gasteiger partial charge in [-0.05, 0) is 24.6 Å². The van der Waals surface area contributed by atoms with Gasteiger partial charge < -0.3 is 15.4 Å². The Labute approximate surface area is 118 Å². The van der Waals surface area contributed by atoms with Crippen LogP contribution in [0.1, 0.15) is 18.5 Å². The molecule has 104 valence electrons. The molecule has 0 bridgehead atoms. The first-order valence-corrected chi connectivity index (χ1v) is 7.61. The van der Waals surface area contributed by atoms with Crippen molar-refractivity contribution in [3.05, 3.63) is 29.8 Å². The molecular weight excluding hydrogens is 260 g/mol. The number of benzene rings is 1. The summed E-state index contributed by atoms with van der Waals surface area (Å²) in [6, 6.07) is 7.71. The zero-order valence-corrected chi connectivity index (χ0v) is 12.1. The lowest BCUT2D eigenvalue weighted by Crippen LogP contribution is -2.49. The van der Waals surface area contributed by atoms with E-state index in [0.29, 0.717) is 0 Å². The Morgan fingerprint density at radius 1 is 1.47 bits per heavy atom. The lowest BCUT2D eigenvalue weighted by atomic mass is 10.1. The van der Waals surface area contributed by atoms with Gasteiger partial charge in [-0.25, -0.2) is 0 Å². The highest BCUT2D eigenvalue weighted by atomic mass is 32.2. The van der Waals surface area contributed by atoms with E-state index >= 15 is 0 Å². The first kappa shape index (κ1) is 14.2.